The number of hydrogen-bond acceptors (Lipinski definition) is 2. The summed E-state index contributed by atoms with van der Waals surface area (Å²) in [5.41, 5.74) is 0. The van der Waals surface area contributed by atoms with Gasteiger partial charge in [-0.05, 0) is 11.2 Å². The first kappa shape index (κ1) is 5.91. The fraction of sp³-hybridized carbons (Fsp3) is 0.750. The lowest BCUT2D eigenvalue weighted by atomic mass is 10.4. The first-order chi connectivity index (χ1) is 3.83. The van der Waals surface area contributed by atoms with E-state index in [2.05, 4.69) is 5.32 Å². The lowest BCUT2D eigenvalue weighted by Crippen LogP contribution is -2.50. The average molecular weight is 132 g/mol. The van der Waals surface area contributed by atoms with Gasteiger partial charge in [0.05, 0.1) is 0 Å². The molecular formula is C4H6NO2S. The molecule has 8 heavy (non-hydrogen) atoms. The summed E-state index contributed by atoms with van der Waals surface area (Å²) < 4.78 is 10.3. The third-order valence-electron chi connectivity index (χ3n) is 1.04. The van der Waals surface area contributed by atoms with Crippen LogP contribution >= 0.6 is 0 Å². The van der Waals surface area contributed by atoms with Gasteiger partial charge in [0.2, 0.25) is 0 Å². The van der Waals surface area contributed by atoms with Crippen LogP contribution in [0.1, 0.15) is 0 Å². The van der Waals surface area contributed by atoms with Crippen LogP contribution < -0.4 is 5.32 Å². The van der Waals surface area contributed by atoms with Gasteiger partial charge >= 0.3 is 6.41 Å². The summed E-state index contributed by atoms with van der Waals surface area (Å²) in [6, 6.07) is 0.133. The van der Waals surface area contributed by atoms with Crippen molar-refractivity contribution in [2.75, 3.05) is 11.5 Å². The quantitative estimate of drug-likeness (QED) is 0.378. The van der Waals surface area contributed by atoms with Crippen molar-refractivity contribution in [3.63, 3.8) is 0 Å². The third kappa shape index (κ3) is 1.14. The average Bonchev–Trinajstić information content (AvgIpc) is 1.64. The molecule has 45 valence electrons. The molecule has 0 aliphatic carbocycles. The van der Waals surface area contributed by atoms with Crippen LogP contribution in [0.15, 0.2) is 0 Å². The van der Waals surface area contributed by atoms with Crippen LogP contribution in [0.4, 0.5) is 0 Å². The number of rotatable bonds is 2. The first-order valence-electron chi connectivity index (χ1n) is 2.30. The number of nitrogens with one attached hydrogen (secondary N) is 1. The Morgan fingerprint density at radius 3 is 2.75 bits per heavy atom. The van der Waals surface area contributed by atoms with Crippen molar-refractivity contribution < 1.29 is 9.35 Å². The van der Waals surface area contributed by atoms with Crippen LogP contribution in [0, 0.1) is 0 Å². The van der Waals surface area contributed by atoms with Crippen LogP contribution in [0.2, 0.25) is 0 Å². The standard InChI is InChI=1S/C4H6NO2S/c6-3-5-4-1-8(7)2-4/h4H,1-2H2,(H,5,6). The van der Waals surface area contributed by atoms with Gasteiger partial charge < -0.3 is 9.87 Å². The minimum Gasteiger partial charge on any atom is -0.616 e. The minimum absolute atomic E-state index is 0.133. The van der Waals surface area contributed by atoms with Crippen molar-refractivity contribution in [1.29, 1.82) is 0 Å². The van der Waals surface area contributed by atoms with Gasteiger partial charge in [0, 0.05) is 0 Å². The molecule has 0 unspecified atom stereocenters. The molecular weight excluding hydrogens is 126 g/mol. The first-order valence-corrected chi connectivity index (χ1v) is 3.79. The largest absolute Gasteiger partial charge is 0.616 e. The Labute approximate surface area is 50.6 Å². The second-order valence-electron chi connectivity index (χ2n) is 1.72. The molecule has 1 amide bonds. The molecule has 4 heteroatoms. The number of carbonyl (C=O) groups excluding carboxylic acids is 1. The SMILES string of the molecule is O=[C]NC1C[S+]([O-])C1. The molecule has 0 aromatic heterocycles. The van der Waals surface area contributed by atoms with Crippen LogP contribution in [-0.2, 0) is 16.0 Å². The van der Waals surface area contributed by atoms with Gasteiger partial charge in [-0.25, -0.2) is 0 Å². The molecule has 1 N–H and O–H groups in total. The van der Waals surface area contributed by atoms with Gasteiger partial charge in [0.25, 0.3) is 0 Å². The van der Waals surface area contributed by atoms with E-state index in [1.165, 1.54) is 0 Å². The highest BCUT2D eigenvalue weighted by Gasteiger charge is 2.30. The molecule has 3 nitrogen and oxygen atoms in total. The van der Waals surface area contributed by atoms with Crippen molar-refractivity contribution >= 4 is 17.6 Å². The zero-order valence-corrected chi connectivity index (χ0v) is 5.03. The summed E-state index contributed by atoms with van der Waals surface area (Å²) in [5.74, 6) is 1.21. The molecule has 1 saturated heterocycles. The normalized spacial score (nSPS) is 35.6. The molecule has 1 aliphatic rings. The molecule has 1 fully saturated rings. The topological polar surface area (TPSA) is 52.2 Å². The Balaban J connectivity index is 2.06. The van der Waals surface area contributed by atoms with E-state index in [0.717, 1.165) is 0 Å². The van der Waals surface area contributed by atoms with Crippen molar-refractivity contribution in [3.05, 3.63) is 0 Å². The Morgan fingerprint density at radius 2 is 2.38 bits per heavy atom. The van der Waals surface area contributed by atoms with Gasteiger partial charge in [-0.2, -0.15) is 0 Å². The highest BCUT2D eigenvalue weighted by Crippen LogP contribution is 2.08. The maximum absolute atomic E-state index is 10.3. The van der Waals surface area contributed by atoms with E-state index in [9.17, 15) is 9.35 Å². The molecule has 1 aliphatic heterocycles. The van der Waals surface area contributed by atoms with Crippen LogP contribution in [0.3, 0.4) is 0 Å². The molecule has 1 heterocycles. The van der Waals surface area contributed by atoms with E-state index in [1.54, 1.807) is 6.41 Å². The summed E-state index contributed by atoms with van der Waals surface area (Å²) in [6.07, 6.45) is 1.56. The van der Waals surface area contributed by atoms with Gasteiger partial charge in [-0.1, -0.05) is 0 Å². The predicted molar refractivity (Wildman–Crippen MR) is 30.5 cm³/mol. The molecule has 0 bridgehead atoms. The van der Waals surface area contributed by atoms with Crippen molar-refractivity contribution in [2.45, 2.75) is 6.04 Å². The van der Waals surface area contributed by atoms with Crippen molar-refractivity contribution in [2.24, 2.45) is 0 Å². The van der Waals surface area contributed by atoms with Crippen LogP contribution in [-0.4, -0.2) is 28.5 Å². The Hall–Kier alpha value is -0.220. The molecule has 0 spiro atoms. The maximum Gasteiger partial charge on any atom is 0.309 e. The fourth-order valence-corrected chi connectivity index (χ4v) is 1.53. The summed E-state index contributed by atoms with van der Waals surface area (Å²) in [5, 5.41) is 2.41. The van der Waals surface area contributed by atoms with E-state index < -0.39 is 11.2 Å². The van der Waals surface area contributed by atoms with Gasteiger partial charge in [-0.3, -0.25) is 4.79 Å². The van der Waals surface area contributed by atoms with E-state index in [1.807, 2.05) is 0 Å². The lowest BCUT2D eigenvalue weighted by molar-refractivity contribution is 0.514. The summed E-state index contributed by atoms with van der Waals surface area (Å²) >= 11 is -0.665. The predicted octanol–water partition coefficient (Wildman–Crippen LogP) is -1.23. The molecule has 1 rings (SSSR count). The zero-order valence-electron chi connectivity index (χ0n) is 4.22. The Bertz CT molecular complexity index is 92.0. The van der Waals surface area contributed by atoms with Crippen molar-refractivity contribution in [3.8, 4) is 0 Å². The lowest BCUT2D eigenvalue weighted by Gasteiger charge is -2.27. The fourth-order valence-electron chi connectivity index (χ4n) is 0.567. The van der Waals surface area contributed by atoms with Crippen molar-refractivity contribution in [1.82, 2.24) is 5.32 Å². The minimum atomic E-state index is -0.665. The second kappa shape index (κ2) is 2.37. The second-order valence-corrected chi connectivity index (χ2v) is 3.26. The maximum atomic E-state index is 10.3. The Kier molecular flexibility index (Phi) is 1.75. The van der Waals surface area contributed by atoms with Crippen LogP contribution in [0.25, 0.3) is 0 Å². The molecule has 0 atom stereocenters. The monoisotopic (exact) mass is 132 g/mol. The summed E-state index contributed by atoms with van der Waals surface area (Å²) in [7, 11) is 0. The third-order valence-corrected chi connectivity index (χ3v) is 2.59. The molecule has 0 aromatic rings. The number of hydrogen-bond donors (Lipinski definition) is 1. The Morgan fingerprint density at radius 1 is 1.75 bits per heavy atom. The van der Waals surface area contributed by atoms with Crippen LogP contribution in [0.5, 0.6) is 0 Å². The summed E-state index contributed by atoms with van der Waals surface area (Å²) in [6.45, 7) is 0. The molecule has 1 radical (unpaired) electrons. The van der Waals surface area contributed by atoms with Gasteiger partial charge in [-0.15, -0.1) is 0 Å². The number of amides is 1. The van der Waals surface area contributed by atoms with E-state index >= 15 is 0 Å². The molecule has 0 saturated carbocycles. The zero-order chi connectivity index (χ0) is 5.98. The highest BCUT2D eigenvalue weighted by atomic mass is 32.2. The van der Waals surface area contributed by atoms with E-state index in [4.69, 9.17) is 0 Å². The molecule has 0 aromatic carbocycles. The smallest absolute Gasteiger partial charge is 0.309 e. The van der Waals surface area contributed by atoms with E-state index in [0.29, 0.717) is 11.5 Å². The van der Waals surface area contributed by atoms with E-state index in [-0.39, 0.29) is 6.04 Å². The summed E-state index contributed by atoms with van der Waals surface area (Å²) in [4.78, 5) is 9.58. The highest BCUT2D eigenvalue weighted by molar-refractivity contribution is 7.92. The van der Waals surface area contributed by atoms with Gasteiger partial charge in [0.1, 0.15) is 17.5 Å². The van der Waals surface area contributed by atoms with Gasteiger partial charge in [0.15, 0.2) is 0 Å².